The maximum absolute atomic E-state index is 13.7. The summed E-state index contributed by atoms with van der Waals surface area (Å²) in [5.41, 5.74) is 0.851. The van der Waals surface area contributed by atoms with Crippen molar-refractivity contribution in [2.45, 2.75) is 24.4 Å². The number of benzene rings is 3. The molecule has 0 saturated carbocycles. The Balaban J connectivity index is 2.06. The van der Waals surface area contributed by atoms with Crippen molar-refractivity contribution in [3.8, 4) is 0 Å². The standard InChI is InChI=1S/C25H24BrCl2N3O4S/c1-17(25(33)29-2)30(15-18-7-6-8-19(26)13-18)24(32)16-31(23-12-11-20(27)14-22(23)28)36(34,35)21-9-4-3-5-10-21/h3-14,17H,15-16H2,1-2H3,(H,29,33)/t17-/m1/s1. The number of likely N-dealkylation sites (N-methyl/N-ethyl adjacent to an activating group) is 1. The van der Waals surface area contributed by atoms with Crippen molar-refractivity contribution in [2.75, 3.05) is 17.9 Å². The number of hydrogen-bond donors (Lipinski definition) is 1. The zero-order valence-corrected chi connectivity index (χ0v) is 23.4. The molecule has 1 N–H and O–H groups in total. The van der Waals surface area contributed by atoms with Crippen molar-refractivity contribution in [1.29, 1.82) is 0 Å². The van der Waals surface area contributed by atoms with E-state index in [2.05, 4.69) is 21.2 Å². The number of sulfonamides is 1. The highest BCUT2D eigenvalue weighted by molar-refractivity contribution is 9.10. The predicted octanol–water partition coefficient (Wildman–Crippen LogP) is 5.11. The molecule has 3 aromatic carbocycles. The summed E-state index contributed by atoms with van der Waals surface area (Å²) in [5, 5.41) is 2.92. The Morgan fingerprint density at radius 2 is 1.69 bits per heavy atom. The van der Waals surface area contributed by atoms with Gasteiger partial charge in [-0.15, -0.1) is 0 Å². The third-order valence-electron chi connectivity index (χ3n) is 5.44. The van der Waals surface area contributed by atoms with Crippen LogP contribution in [0, 0.1) is 0 Å². The molecule has 0 spiro atoms. The Morgan fingerprint density at radius 1 is 1.00 bits per heavy atom. The quantitative estimate of drug-likeness (QED) is 0.364. The summed E-state index contributed by atoms with van der Waals surface area (Å²) in [5.74, 6) is -0.975. The van der Waals surface area contributed by atoms with Gasteiger partial charge in [-0.2, -0.15) is 0 Å². The van der Waals surface area contributed by atoms with Crippen LogP contribution in [0.4, 0.5) is 5.69 Å². The number of anilines is 1. The Labute approximate surface area is 229 Å². The van der Waals surface area contributed by atoms with Gasteiger partial charge in [-0.25, -0.2) is 8.42 Å². The van der Waals surface area contributed by atoms with Crippen LogP contribution in [-0.4, -0.2) is 44.8 Å². The molecule has 0 heterocycles. The molecule has 190 valence electrons. The SMILES string of the molecule is CNC(=O)[C@@H](C)N(Cc1cccc(Br)c1)C(=O)CN(c1ccc(Cl)cc1Cl)S(=O)(=O)c1ccccc1. The molecule has 0 bridgehead atoms. The number of halogens is 3. The highest BCUT2D eigenvalue weighted by Crippen LogP contribution is 2.33. The van der Waals surface area contributed by atoms with E-state index in [9.17, 15) is 18.0 Å². The minimum absolute atomic E-state index is 0.0123. The number of nitrogens with zero attached hydrogens (tertiary/aromatic N) is 2. The first-order valence-electron chi connectivity index (χ1n) is 10.8. The summed E-state index contributed by atoms with van der Waals surface area (Å²) in [6, 6.07) is 18.5. The van der Waals surface area contributed by atoms with E-state index in [1.165, 1.54) is 42.3 Å². The van der Waals surface area contributed by atoms with Crippen molar-refractivity contribution in [3.63, 3.8) is 0 Å². The van der Waals surface area contributed by atoms with E-state index in [1.807, 2.05) is 24.3 Å². The molecule has 0 aliphatic rings. The molecule has 0 unspecified atom stereocenters. The van der Waals surface area contributed by atoms with Gasteiger partial charge in [-0.05, 0) is 55.0 Å². The lowest BCUT2D eigenvalue weighted by atomic mass is 10.1. The van der Waals surface area contributed by atoms with Gasteiger partial charge in [0.15, 0.2) is 0 Å². The van der Waals surface area contributed by atoms with Gasteiger partial charge in [0.25, 0.3) is 10.0 Å². The molecule has 3 rings (SSSR count). The number of carbonyl (C=O) groups is 2. The monoisotopic (exact) mass is 611 g/mol. The van der Waals surface area contributed by atoms with Gasteiger partial charge >= 0.3 is 0 Å². The largest absolute Gasteiger partial charge is 0.357 e. The fraction of sp³-hybridized carbons (Fsp3) is 0.200. The Kier molecular flexibility index (Phi) is 9.41. The summed E-state index contributed by atoms with van der Waals surface area (Å²) in [6.45, 7) is 1.08. The number of amides is 2. The summed E-state index contributed by atoms with van der Waals surface area (Å²) < 4.78 is 29.1. The topological polar surface area (TPSA) is 86.8 Å². The molecule has 0 radical (unpaired) electrons. The van der Waals surface area contributed by atoms with Crippen LogP contribution in [0.3, 0.4) is 0 Å². The Bertz CT molecular complexity index is 1360. The van der Waals surface area contributed by atoms with Crippen LogP contribution in [0.15, 0.2) is 82.2 Å². The second kappa shape index (κ2) is 12.1. The van der Waals surface area contributed by atoms with Gasteiger partial charge in [0.2, 0.25) is 11.8 Å². The third-order valence-corrected chi connectivity index (χ3v) is 8.25. The van der Waals surface area contributed by atoms with E-state index >= 15 is 0 Å². The minimum atomic E-state index is -4.20. The van der Waals surface area contributed by atoms with E-state index in [4.69, 9.17) is 23.2 Å². The highest BCUT2D eigenvalue weighted by Gasteiger charge is 2.33. The Hall–Kier alpha value is -2.59. The summed E-state index contributed by atoms with van der Waals surface area (Å²) in [4.78, 5) is 27.5. The molecule has 2 amide bonds. The lowest BCUT2D eigenvalue weighted by Crippen LogP contribution is -2.50. The first-order valence-corrected chi connectivity index (χ1v) is 13.8. The summed E-state index contributed by atoms with van der Waals surface area (Å²) >= 11 is 15.8. The van der Waals surface area contributed by atoms with Gasteiger partial charge in [0.05, 0.1) is 15.6 Å². The van der Waals surface area contributed by atoms with Crippen LogP contribution in [0.2, 0.25) is 10.0 Å². The normalized spacial score (nSPS) is 12.0. The average molecular weight is 613 g/mol. The van der Waals surface area contributed by atoms with Gasteiger partial charge in [0.1, 0.15) is 12.6 Å². The van der Waals surface area contributed by atoms with Crippen LogP contribution < -0.4 is 9.62 Å². The Morgan fingerprint density at radius 3 is 2.31 bits per heavy atom. The molecule has 11 heteroatoms. The van der Waals surface area contributed by atoms with Crippen molar-refractivity contribution in [2.24, 2.45) is 0 Å². The van der Waals surface area contributed by atoms with Crippen molar-refractivity contribution >= 4 is 66.7 Å². The lowest BCUT2D eigenvalue weighted by Gasteiger charge is -2.32. The molecule has 36 heavy (non-hydrogen) atoms. The summed E-state index contributed by atoms with van der Waals surface area (Å²) in [6.07, 6.45) is 0. The van der Waals surface area contributed by atoms with Crippen LogP contribution in [-0.2, 0) is 26.2 Å². The highest BCUT2D eigenvalue weighted by atomic mass is 79.9. The van der Waals surface area contributed by atoms with E-state index in [-0.39, 0.29) is 28.1 Å². The maximum atomic E-state index is 13.7. The van der Waals surface area contributed by atoms with Crippen LogP contribution >= 0.6 is 39.1 Å². The van der Waals surface area contributed by atoms with E-state index in [0.29, 0.717) is 5.02 Å². The smallest absolute Gasteiger partial charge is 0.264 e. The number of nitrogens with one attached hydrogen (secondary N) is 1. The summed E-state index contributed by atoms with van der Waals surface area (Å²) in [7, 11) is -2.73. The van der Waals surface area contributed by atoms with E-state index in [0.717, 1.165) is 14.3 Å². The predicted molar refractivity (Wildman–Crippen MR) is 146 cm³/mol. The van der Waals surface area contributed by atoms with E-state index in [1.54, 1.807) is 25.1 Å². The van der Waals surface area contributed by atoms with Crippen molar-refractivity contribution in [1.82, 2.24) is 10.2 Å². The second-order valence-electron chi connectivity index (χ2n) is 7.86. The molecule has 0 aliphatic carbocycles. The molecule has 0 fully saturated rings. The third kappa shape index (κ3) is 6.59. The zero-order chi connectivity index (χ0) is 26.5. The molecule has 7 nitrogen and oxygen atoms in total. The average Bonchev–Trinajstić information content (AvgIpc) is 2.85. The molecular formula is C25H24BrCl2N3O4S. The van der Waals surface area contributed by atoms with Crippen LogP contribution in [0.1, 0.15) is 12.5 Å². The molecule has 3 aromatic rings. The van der Waals surface area contributed by atoms with Crippen molar-refractivity contribution in [3.05, 3.63) is 92.9 Å². The first-order chi connectivity index (χ1) is 17.0. The van der Waals surface area contributed by atoms with Crippen molar-refractivity contribution < 1.29 is 18.0 Å². The van der Waals surface area contributed by atoms with Gasteiger partial charge in [0, 0.05) is 23.1 Å². The van der Waals surface area contributed by atoms with Gasteiger partial charge < -0.3 is 10.2 Å². The second-order valence-corrected chi connectivity index (χ2v) is 11.5. The molecule has 0 aromatic heterocycles. The molecular weight excluding hydrogens is 589 g/mol. The van der Waals surface area contributed by atoms with Crippen LogP contribution in [0.5, 0.6) is 0 Å². The number of hydrogen-bond acceptors (Lipinski definition) is 4. The zero-order valence-electron chi connectivity index (χ0n) is 19.5. The first kappa shape index (κ1) is 28.0. The lowest BCUT2D eigenvalue weighted by molar-refractivity contribution is -0.139. The molecule has 1 atom stereocenters. The fourth-order valence-electron chi connectivity index (χ4n) is 3.54. The van der Waals surface area contributed by atoms with E-state index < -0.39 is 28.5 Å². The number of carbonyl (C=O) groups excluding carboxylic acids is 2. The molecule has 0 saturated heterocycles. The van der Waals surface area contributed by atoms with Gasteiger partial charge in [-0.1, -0.05) is 69.5 Å². The minimum Gasteiger partial charge on any atom is -0.357 e. The fourth-order valence-corrected chi connectivity index (χ4v) is 6.00. The number of rotatable bonds is 9. The maximum Gasteiger partial charge on any atom is 0.264 e. The van der Waals surface area contributed by atoms with Gasteiger partial charge in [-0.3, -0.25) is 13.9 Å². The molecule has 0 aliphatic heterocycles. The van der Waals surface area contributed by atoms with Crippen LogP contribution in [0.25, 0.3) is 0 Å².